The van der Waals surface area contributed by atoms with Crippen LogP contribution in [0.1, 0.15) is 12.7 Å². The quantitative estimate of drug-likeness (QED) is 0.626. The van der Waals surface area contributed by atoms with Crippen molar-refractivity contribution in [2.45, 2.75) is 19.2 Å². The molecular formula is C16H11F5N2O. The molecule has 0 saturated heterocycles. The standard InChI is InChI=1S/C16H11F5N2O/c1-15(17,18)24-13-6-3-10(4-7-13)11-2-5-12-8-22-14(16(19,20)21)23(12)9-11/h2-9H,1H3. The molecule has 24 heavy (non-hydrogen) atoms. The van der Waals surface area contributed by atoms with Crippen LogP contribution in [0.4, 0.5) is 22.0 Å². The van der Waals surface area contributed by atoms with E-state index in [-0.39, 0.29) is 5.75 Å². The number of rotatable bonds is 3. The Balaban J connectivity index is 1.97. The predicted octanol–water partition coefficient (Wildman–Crippen LogP) is 5.01. The molecule has 0 saturated carbocycles. The zero-order chi connectivity index (χ0) is 17.5. The minimum atomic E-state index is -4.57. The SMILES string of the molecule is CC(F)(F)Oc1ccc(-c2ccc3cnc(C(F)(F)F)n3c2)cc1. The molecule has 126 valence electrons. The van der Waals surface area contributed by atoms with Crippen molar-refractivity contribution >= 4 is 5.52 Å². The first-order valence-electron chi connectivity index (χ1n) is 6.85. The highest BCUT2D eigenvalue weighted by Crippen LogP contribution is 2.31. The van der Waals surface area contributed by atoms with Gasteiger partial charge in [-0.15, -0.1) is 0 Å². The summed E-state index contributed by atoms with van der Waals surface area (Å²) in [5.41, 5.74) is 1.35. The van der Waals surface area contributed by atoms with Crippen LogP contribution in [0.3, 0.4) is 0 Å². The lowest BCUT2D eigenvalue weighted by Crippen LogP contribution is -2.18. The topological polar surface area (TPSA) is 26.5 Å². The molecule has 0 fully saturated rings. The summed E-state index contributed by atoms with van der Waals surface area (Å²) in [7, 11) is 0. The van der Waals surface area contributed by atoms with Gasteiger partial charge in [-0.2, -0.15) is 22.0 Å². The summed E-state index contributed by atoms with van der Waals surface area (Å²) in [6, 6.07) is 8.77. The number of halogens is 5. The Morgan fingerprint density at radius 1 is 0.917 bits per heavy atom. The first-order chi connectivity index (χ1) is 11.1. The smallest absolute Gasteiger partial charge is 0.433 e. The van der Waals surface area contributed by atoms with Crippen LogP contribution >= 0.6 is 0 Å². The maximum atomic E-state index is 12.9. The van der Waals surface area contributed by atoms with Gasteiger partial charge in [0.25, 0.3) is 0 Å². The number of alkyl halides is 5. The molecule has 0 atom stereocenters. The number of pyridine rings is 1. The van der Waals surface area contributed by atoms with Gasteiger partial charge >= 0.3 is 12.3 Å². The van der Waals surface area contributed by atoms with E-state index in [1.807, 2.05) is 0 Å². The van der Waals surface area contributed by atoms with Crippen molar-refractivity contribution in [1.29, 1.82) is 0 Å². The average Bonchev–Trinajstić information content (AvgIpc) is 2.89. The van der Waals surface area contributed by atoms with Gasteiger partial charge in [0.05, 0.1) is 11.7 Å². The van der Waals surface area contributed by atoms with Crippen molar-refractivity contribution < 1.29 is 26.7 Å². The second-order valence-electron chi connectivity index (χ2n) is 5.23. The van der Waals surface area contributed by atoms with E-state index in [0.29, 0.717) is 23.6 Å². The Morgan fingerprint density at radius 2 is 1.54 bits per heavy atom. The first kappa shape index (κ1) is 16.2. The van der Waals surface area contributed by atoms with Crippen LogP contribution in [0.5, 0.6) is 5.75 Å². The number of ether oxygens (including phenoxy) is 1. The van der Waals surface area contributed by atoms with E-state index >= 15 is 0 Å². The highest BCUT2D eigenvalue weighted by Gasteiger charge is 2.35. The Morgan fingerprint density at radius 3 is 2.12 bits per heavy atom. The Bertz CT molecular complexity index is 863. The molecule has 3 aromatic rings. The minimum Gasteiger partial charge on any atom is -0.433 e. The third-order valence-corrected chi connectivity index (χ3v) is 3.27. The van der Waals surface area contributed by atoms with Crippen molar-refractivity contribution in [2.24, 2.45) is 0 Å². The van der Waals surface area contributed by atoms with Crippen molar-refractivity contribution in [3.05, 3.63) is 54.6 Å². The summed E-state index contributed by atoms with van der Waals surface area (Å²) < 4.78 is 69.7. The number of fused-ring (bicyclic) bond motifs is 1. The van der Waals surface area contributed by atoms with Crippen LogP contribution < -0.4 is 4.74 Å². The van der Waals surface area contributed by atoms with Crippen molar-refractivity contribution in [3.63, 3.8) is 0 Å². The van der Waals surface area contributed by atoms with E-state index < -0.39 is 18.1 Å². The molecule has 0 N–H and O–H groups in total. The summed E-state index contributed by atoms with van der Waals surface area (Å²) in [4.78, 5) is 3.39. The molecule has 0 aliphatic carbocycles. The molecule has 0 bridgehead atoms. The van der Waals surface area contributed by atoms with Gasteiger partial charge in [-0.25, -0.2) is 4.98 Å². The van der Waals surface area contributed by atoms with E-state index in [0.717, 1.165) is 10.6 Å². The van der Waals surface area contributed by atoms with Crippen LogP contribution in [-0.2, 0) is 6.18 Å². The average molecular weight is 342 g/mol. The third-order valence-electron chi connectivity index (χ3n) is 3.27. The molecular weight excluding hydrogens is 331 g/mol. The number of imidazole rings is 1. The fourth-order valence-corrected chi connectivity index (χ4v) is 2.29. The van der Waals surface area contributed by atoms with Gasteiger partial charge in [-0.1, -0.05) is 18.2 Å². The van der Waals surface area contributed by atoms with Crippen LogP contribution in [0.25, 0.3) is 16.6 Å². The molecule has 8 heteroatoms. The summed E-state index contributed by atoms with van der Waals surface area (Å²) >= 11 is 0. The lowest BCUT2D eigenvalue weighted by atomic mass is 10.1. The number of hydrogen-bond acceptors (Lipinski definition) is 2. The van der Waals surface area contributed by atoms with Gasteiger partial charge in [0.15, 0.2) is 0 Å². The minimum absolute atomic E-state index is 0.0362. The van der Waals surface area contributed by atoms with Gasteiger partial charge in [-0.05, 0) is 29.3 Å². The molecule has 3 nitrogen and oxygen atoms in total. The monoisotopic (exact) mass is 342 g/mol. The van der Waals surface area contributed by atoms with Crippen LogP contribution in [0.2, 0.25) is 0 Å². The molecule has 2 aromatic heterocycles. The Labute approximate surface area is 133 Å². The van der Waals surface area contributed by atoms with E-state index in [4.69, 9.17) is 0 Å². The van der Waals surface area contributed by atoms with Gasteiger partial charge in [0, 0.05) is 13.1 Å². The molecule has 2 heterocycles. The van der Waals surface area contributed by atoms with Crippen LogP contribution in [0, 0.1) is 0 Å². The summed E-state index contributed by atoms with van der Waals surface area (Å²) in [5, 5.41) is 0. The fraction of sp³-hybridized carbons (Fsp3) is 0.188. The number of benzene rings is 1. The largest absolute Gasteiger partial charge is 0.450 e. The van der Waals surface area contributed by atoms with E-state index in [9.17, 15) is 22.0 Å². The van der Waals surface area contributed by atoms with Gasteiger partial charge in [0.1, 0.15) is 5.75 Å². The molecule has 0 aliphatic rings. The zero-order valence-electron chi connectivity index (χ0n) is 12.3. The Kier molecular flexibility index (Phi) is 3.70. The van der Waals surface area contributed by atoms with Crippen LogP contribution in [-0.4, -0.2) is 15.5 Å². The molecule has 0 unspecified atom stereocenters. The van der Waals surface area contributed by atoms with E-state index in [1.54, 1.807) is 6.07 Å². The summed E-state index contributed by atoms with van der Waals surface area (Å²) in [6.07, 6.45) is -5.45. The molecule has 0 aliphatic heterocycles. The van der Waals surface area contributed by atoms with Crippen LogP contribution in [0.15, 0.2) is 48.8 Å². The highest BCUT2D eigenvalue weighted by atomic mass is 19.4. The molecule has 0 amide bonds. The summed E-state index contributed by atoms with van der Waals surface area (Å²) in [5.74, 6) is -1.06. The lowest BCUT2D eigenvalue weighted by molar-refractivity contribution is -0.159. The number of aromatic nitrogens is 2. The second-order valence-corrected chi connectivity index (χ2v) is 5.23. The summed E-state index contributed by atoms with van der Waals surface area (Å²) in [6.45, 7) is 0.618. The maximum absolute atomic E-state index is 12.9. The number of hydrogen-bond donors (Lipinski definition) is 0. The predicted molar refractivity (Wildman–Crippen MR) is 76.9 cm³/mol. The molecule has 0 spiro atoms. The van der Waals surface area contributed by atoms with Crippen molar-refractivity contribution in [2.75, 3.05) is 0 Å². The number of nitrogens with zero attached hydrogens (tertiary/aromatic N) is 2. The van der Waals surface area contributed by atoms with Gasteiger partial charge in [-0.3, -0.25) is 4.40 Å². The van der Waals surface area contributed by atoms with Crippen molar-refractivity contribution in [1.82, 2.24) is 9.38 Å². The van der Waals surface area contributed by atoms with Crippen molar-refractivity contribution in [3.8, 4) is 16.9 Å². The van der Waals surface area contributed by atoms with Gasteiger partial charge in [0.2, 0.25) is 5.82 Å². The van der Waals surface area contributed by atoms with E-state index in [2.05, 4.69) is 9.72 Å². The maximum Gasteiger partial charge on any atom is 0.450 e. The fourth-order valence-electron chi connectivity index (χ4n) is 2.29. The van der Waals surface area contributed by atoms with Gasteiger partial charge < -0.3 is 4.74 Å². The first-order valence-corrected chi connectivity index (χ1v) is 6.85. The highest BCUT2D eigenvalue weighted by molar-refractivity contribution is 5.66. The third kappa shape index (κ3) is 3.32. The molecule has 1 aromatic carbocycles. The van der Waals surface area contributed by atoms with E-state index in [1.165, 1.54) is 36.5 Å². The Hall–Kier alpha value is -2.64. The lowest BCUT2D eigenvalue weighted by Gasteiger charge is -2.13. The molecule has 3 rings (SSSR count). The molecule has 0 radical (unpaired) electrons. The second kappa shape index (κ2) is 5.47. The zero-order valence-corrected chi connectivity index (χ0v) is 12.3. The normalized spacial score (nSPS) is 12.6.